The van der Waals surface area contributed by atoms with Gasteiger partial charge in [-0.25, -0.2) is 4.98 Å². The largest absolute Gasteiger partial charge is 0.375 e. The number of hydrogen-bond donors (Lipinski definition) is 1. The zero-order valence-electron chi connectivity index (χ0n) is 9.27. The van der Waals surface area contributed by atoms with Gasteiger partial charge in [-0.3, -0.25) is 0 Å². The highest BCUT2D eigenvalue weighted by Gasteiger charge is 2.24. The van der Waals surface area contributed by atoms with Crippen LogP contribution in [0.25, 0.3) is 10.2 Å². The molecule has 5 heteroatoms. The number of nitrogens with two attached hydrogens (primary N) is 1. The van der Waals surface area contributed by atoms with E-state index in [1.807, 2.05) is 0 Å². The Morgan fingerprint density at radius 1 is 1.25 bits per heavy atom. The summed E-state index contributed by atoms with van der Waals surface area (Å²) in [5, 5.41) is 1.78. The van der Waals surface area contributed by atoms with Crippen LogP contribution in [0.1, 0.15) is 26.3 Å². The number of nitrogen functional groups attached to an aromatic ring is 1. The molecule has 86 valence electrons. The number of hydrogen-bond acceptors (Lipinski definition) is 3. The Labute approximate surface area is 108 Å². The van der Waals surface area contributed by atoms with E-state index in [1.54, 1.807) is 6.07 Å². The van der Waals surface area contributed by atoms with Crippen molar-refractivity contribution in [3.63, 3.8) is 0 Å². The maximum Gasteiger partial charge on any atom is 0.181 e. The number of rotatable bonds is 0. The third-order valence-electron chi connectivity index (χ3n) is 2.34. The smallest absolute Gasteiger partial charge is 0.181 e. The van der Waals surface area contributed by atoms with E-state index in [2.05, 4.69) is 25.8 Å². The summed E-state index contributed by atoms with van der Waals surface area (Å²) < 4.78 is 0.911. The standard InChI is InChI=1S/C11H12Cl2N2S/c1-11(2,3)7-5(12)4-6(13)9-8(7)15-10(14)16-9/h4H,1-3H3,(H2,14,15). The molecular weight excluding hydrogens is 263 g/mol. The van der Waals surface area contributed by atoms with Crippen LogP contribution in [-0.4, -0.2) is 4.98 Å². The summed E-state index contributed by atoms with van der Waals surface area (Å²) in [6, 6.07) is 1.77. The van der Waals surface area contributed by atoms with Crippen LogP contribution in [0, 0.1) is 0 Å². The first-order valence-corrected chi connectivity index (χ1v) is 6.42. The number of aromatic nitrogens is 1. The van der Waals surface area contributed by atoms with E-state index < -0.39 is 0 Å². The van der Waals surface area contributed by atoms with Crippen molar-refractivity contribution in [3.8, 4) is 0 Å². The minimum atomic E-state index is -0.0829. The molecule has 0 unspecified atom stereocenters. The summed E-state index contributed by atoms with van der Waals surface area (Å²) >= 11 is 13.8. The summed E-state index contributed by atoms with van der Waals surface area (Å²) in [4.78, 5) is 4.33. The van der Waals surface area contributed by atoms with Crippen LogP contribution in [0.15, 0.2) is 6.07 Å². The quantitative estimate of drug-likeness (QED) is 0.769. The number of nitrogens with zero attached hydrogens (tertiary/aromatic N) is 1. The van der Waals surface area contributed by atoms with Gasteiger partial charge in [0.05, 0.1) is 15.2 Å². The molecule has 1 aromatic heterocycles. The van der Waals surface area contributed by atoms with Gasteiger partial charge in [0.15, 0.2) is 5.13 Å². The molecule has 0 aliphatic rings. The third kappa shape index (κ3) is 1.88. The van der Waals surface area contributed by atoms with Crippen LogP contribution in [-0.2, 0) is 5.41 Å². The minimum Gasteiger partial charge on any atom is -0.375 e. The van der Waals surface area contributed by atoms with Gasteiger partial charge in [0, 0.05) is 10.6 Å². The second-order valence-corrected chi connectivity index (χ2v) is 6.54. The van der Waals surface area contributed by atoms with Gasteiger partial charge in [0.2, 0.25) is 0 Å². The van der Waals surface area contributed by atoms with Gasteiger partial charge < -0.3 is 5.73 Å². The van der Waals surface area contributed by atoms with Crippen LogP contribution in [0.5, 0.6) is 0 Å². The molecule has 0 radical (unpaired) electrons. The lowest BCUT2D eigenvalue weighted by Crippen LogP contribution is -2.12. The highest BCUT2D eigenvalue weighted by molar-refractivity contribution is 7.22. The van der Waals surface area contributed by atoms with Gasteiger partial charge in [-0.2, -0.15) is 0 Å². The van der Waals surface area contributed by atoms with Gasteiger partial charge in [-0.05, 0) is 11.5 Å². The normalized spacial score (nSPS) is 12.3. The highest BCUT2D eigenvalue weighted by Crippen LogP contribution is 2.41. The van der Waals surface area contributed by atoms with Crippen molar-refractivity contribution in [3.05, 3.63) is 21.7 Å². The van der Waals surface area contributed by atoms with E-state index in [9.17, 15) is 0 Å². The molecule has 0 aliphatic heterocycles. The average molecular weight is 275 g/mol. The summed E-state index contributed by atoms with van der Waals surface area (Å²) in [7, 11) is 0. The van der Waals surface area contributed by atoms with Gasteiger partial charge >= 0.3 is 0 Å². The predicted octanol–water partition coefficient (Wildman–Crippen LogP) is 4.48. The number of thiazole rings is 1. The predicted molar refractivity (Wildman–Crippen MR) is 72.8 cm³/mol. The van der Waals surface area contributed by atoms with Crippen molar-refractivity contribution < 1.29 is 0 Å². The van der Waals surface area contributed by atoms with E-state index in [-0.39, 0.29) is 5.41 Å². The number of halogens is 2. The molecule has 1 aromatic carbocycles. The van der Waals surface area contributed by atoms with Crippen LogP contribution in [0.2, 0.25) is 10.0 Å². The lowest BCUT2D eigenvalue weighted by Gasteiger charge is -2.21. The first kappa shape index (κ1) is 12.0. The Hall–Kier alpha value is -0.510. The minimum absolute atomic E-state index is 0.0829. The van der Waals surface area contributed by atoms with Crippen molar-refractivity contribution in [1.82, 2.24) is 4.98 Å². The molecule has 0 fully saturated rings. The molecule has 0 spiro atoms. The number of anilines is 1. The monoisotopic (exact) mass is 274 g/mol. The maximum atomic E-state index is 6.24. The average Bonchev–Trinajstić information content (AvgIpc) is 2.43. The summed E-state index contributed by atoms with van der Waals surface area (Å²) in [5.74, 6) is 0. The molecule has 0 aliphatic carbocycles. The lowest BCUT2D eigenvalue weighted by molar-refractivity contribution is 0.595. The van der Waals surface area contributed by atoms with Gasteiger partial charge in [0.25, 0.3) is 0 Å². The van der Waals surface area contributed by atoms with E-state index in [1.165, 1.54) is 11.3 Å². The maximum absolute atomic E-state index is 6.24. The second kappa shape index (κ2) is 3.76. The van der Waals surface area contributed by atoms with Gasteiger partial charge in [-0.15, -0.1) is 0 Å². The molecule has 0 saturated carbocycles. The zero-order chi connectivity index (χ0) is 12.1. The molecule has 16 heavy (non-hydrogen) atoms. The third-order valence-corrected chi connectivity index (χ3v) is 3.97. The fraction of sp³-hybridized carbons (Fsp3) is 0.364. The van der Waals surface area contributed by atoms with Crippen molar-refractivity contribution in [2.24, 2.45) is 0 Å². The Balaban J connectivity index is 2.92. The van der Waals surface area contributed by atoms with E-state index in [0.717, 1.165) is 15.8 Å². The second-order valence-electron chi connectivity index (χ2n) is 4.70. The van der Waals surface area contributed by atoms with Crippen molar-refractivity contribution in [2.45, 2.75) is 26.2 Å². The summed E-state index contributed by atoms with van der Waals surface area (Å²) in [6.07, 6.45) is 0. The fourth-order valence-corrected chi connectivity index (χ4v) is 3.34. The lowest BCUT2D eigenvalue weighted by atomic mass is 9.86. The molecule has 1 heterocycles. The zero-order valence-corrected chi connectivity index (χ0v) is 11.6. The fourth-order valence-electron chi connectivity index (χ4n) is 1.74. The van der Waals surface area contributed by atoms with Gasteiger partial charge in [-0.1, -0.05) is 55.3 Å². The summed E-state index contributed by atoms with van der Waals surface area (Å²) in [6.45, 7) is 6.28. The number of benzene rings is 1. The van der Waals surface area contributed by atoms with E-state index in [4.69, 9.17) is 28.9 Å². The molecule has 2 nitrogen and oxygen atoms in total. The van der Waals surface area contributed by atoms with Crippen LogP contribution in [0.3, 0.4) is 0 Å². The Morgan fingerprint density at radius 2 is 1.88 bits per heavy atom. The first-order chi connectivity index (χ1) is 7.30. The molecule has 2 aromatic rings. The Bertz CT molecular complexity index is 555. The molecular formula is C11H12Cl2N2S. The summed E-state index contributed by atoms with van der Waals surface area (Å²) in [5.41, 5.74) is 7.47. The van der Waals surface area contributed by atoms with Crippen molar-refractivity contribution in [2.75, 3.05) is 5.73 Å². The first-order valence-electron chi connectivity index (χ1n) is 4.85. The van der Waals surface area contributed by atoms with Gasteiger partial charge in [0.1, 0.15) is 0 Å². The molecule has 0 amide bonds. The molecule has 2 rings (SSSR count). The van der Waals surface area contributed by atoms with E-state index in [0.29, 0.717) is 15.2 Å². The topological polar surface area (TPSA) is 38.9 Å². The van der Waals surface area contributed by atoms with Crippen LogP contribution < -0.4 is 5.73 Å². The van der Waals surface area contributed by atoms with Crippen molar-refractivity contribution in [1.29, 1.82) is 0 Å². The van der Waals surface area contributed by atoms with Crippen LogP contribution in [0.4, 0.5) is 5.13 Å². The molecule has 0 saturated heterocycles. The molecule has 0 bridgehead atoms. The Kier molecular flexibility index (Phi) is 2.81. The van der Waals surface area contributed by atoms with E-state index >= 15 is 0 Å². The van der Waals surface area contributed by atoms with Crippen LogP contribution >= 0.6 is 34.5 Å². The Morgan fingerprint density at radius 3 is 2.44 bits per heavy atom. The van der Waals surface area contributed by atoms with Crippen molar-refractivity contribution >= 4 is 49.9 Å². The molecule has 2 N–H and O–H groups in total. The number of fused-ring (bicyclic) bond motifs is 1. The highest BCUT2D eigenvalue weighted by atomic mass is 35.5. The molecule has 0 atom stereocenters. The SMILES string of the molecule is CC(C)(C)c1c(Cl)cc(Cl)c2sc(N)nc12.